The van der Waals surface area contributed by atoms with Gasteiger partial charge >= 0.3 is 0 Å². The number of nitrogens with one attached hydrogen (secondary N) is 1. The summed E-state index contributed by atoms with van der Waals surface area (Å²) in [7, 11) is 1.97. The molecular weight excluding hydrogens is 174 g/mol. The SMILES string of the molecule is Cc1nn(C)cc1CNC1(C)CCC1. The van der Waals surface area contributed by atoms with Gasteiger partial charge in [0.1, 0.15) is 0 Å². The van der Waals surface area contributed by atoms with Crippen LogP contribution in [0.4, 0.5) is 0 Å². The smallest absolute Gasteiger partial charge is 0.0638 e. The highest BCUT2D eigenvalue weighted by Crippen LogP contribution is 2.31. The maximum atomic E-state index is 4.33. The summed E-state index contributed by atoms with van der Waals surface area (Å²) in [6, 6.07) is 0. The van der Waals surface area contributed by atoms with E-state index < -0.39 is 0 Å². The molecule has 1 aliphatic carbocycles. The van der Waals surface area contributed by atoms with Crippen molar-refractivity contribution in [3.05, 3.63) is 17.5 Å². The lowest BCUT2D eigenvalue weighted by molar-refractivity contribution is 0.206. The molecule has 3 heteroatoms. The molecule has 14 heavy (non-hydrogen) atoms. The molecule has 1 fully saturated rings. The first-order valence-electron chi connectivity index (χ1n) is 5.33. The van der Waals surface area contributed by atoms with Crippen LogP contribution in [0.1, 0.15) is 37.4 Å². The van der Waals surface area contributed by atoms with Crippen LogP contribution in [0.2, 0.25) is 0 Å². The van der Waals surface area contributed by atoms with Gasteiger partial charge in [-0.1, -0.05) is 0 Å². The van der Waals surface area contributed by atoms with Gasteiger partial charge in [-0.3, -0.25) is 4.68 Å². The van der Waals surface area contributed by atoms with E-state index in [4.69, 9.17) is 0 Å². The maximum Gasteiger partial charge on any atom is 0.0638 e. The fourth-order valence-electron chi connectivity index (χ4n) is 2.01. The Morgan fingerprint density at radius 1 is 1.57 bits per heavy atom. The van der Waals surface area contributed by atoms with E-state index in [1.807, 2.05) is 11.7 Å². The third-order valence-corrected chi connectivity index (χ3v) is 3.28. The number of aromatic nitrogens is 2. The zero-order chi connectivity index (χ0) is 10.2. The van der Waals surface area contributed by atoms with Gasteiger partial charge in [-0.25, -0.2) is 0 Å². The number of aryl methyl sites for hydroxylation is 2. The van der Waals surface area contributed by atoms with Crippen LogP contribution in [0.3, 0.4) is 0 Å². The Morgan fingerprint density at radius 3 is 2.71 bits per heavy atom. The third kappa shape index (κ3) is 1.82. The van der Waals surface area contributed by atoms with E-state index in [1.54, 1.807) is 0 Å². The van der Waals surface area contributed by atoms with Crippen LogP contribution in [0.15, 0.2) is 6.20 Å². The summed E-state index contributed by atoms with van der Waals surface area (Å²) < 4.78 is 1.88. The molecule has 1 heterocycles. The van der Waals surface area contributed by atoms with Gasteiger partial charge in [-0.15, -0.1) is 0 Å². The van der Waals surface area contributed by atoms with Crippen LogP contribution in [0.5, 0.6) is 0 Å². The summed E-state index contributed by atoms with van der Waals surface area (Å²) in [5.41, 5.74) is 2.85. The lowest BCUT2D eigenvalue weighted by Crippen LogP contribution is -2.47. The summed E-state index contributed by atoms with van der Waals surface area (Å²) in [5.74, 6) is 0. The Kier molecular flexibility index (Phi) is 2.35. The second-order valence-electron chi connectivity index (χ2n) is 4.68. The van der Waals surface area contributed by atoms with Crippen LogP contribution in [-0.4, -0.2) is 15.3 Å². The monoisotopic (exact) mass is 193 g/mol. The van der Waals surface area contributed by atoms with Crippen molar-refractivity contribution in [3.63, 3.8) is 0 Å². The number of rotatable bonds is 3. The van der Waals surface area contributed by atoms with Gasteiger partial charge in [0.05, 0.1) is 5.69 Å². The standard InChI is InChI=1S/C11H19N3/c1-9-10(8-14(3)13-9)7-12-11(2)5-4-6-11/h8,12H,4-7H2,1-3H3. The minimum atomic E-state index is 0.391. The third-order valence-electron chi connectivity index (χ3n) is 3.28. The Morgan fingerprint density at radius 2 is 2.29 bits per heavy atom. The van der Waals surface area contributed by atoms with Crippen molar-refractivity contribution in [2.45, 2.75) is 45.2 Å². The van der Waals surface area contributed by atoms with Crippen molar-refractivity contribution in [2.75, 3.05) is 0 Å². The van der Waals surface area contributed by atoms with Crippen molar-refractivity contribution in [1.82, 2.24) is 15.1 Å². The van der Waals surface area contributed by atoms with Gasteiger partial charge in [0.25, 0.3) is 0 Å². The molecule has 1 saturated carbocycles. The van der Waals surface area contributed by atoms with Gasteiger partial charge in [0.2, 0.25) is 0 Å². The lowest BCUT2D eigenvalue weighted by atomic mass is 9.78. The summed E-state index contributed by atoms with van der Waals surface area (Å²) in [6.07, 6.45) is 6.10. The molecule has 0 saturated heterocycles. The highest BCUT2D eigenvalue weighted by atomic mass is 15.3. The van der Waals surface area contributed by atoms with E-state index >= 15 is 0 Å². The van der Waals surface area contributed by atoms with Crippen molar-refractivity contribution in [2.24, 2.45) is 7.05 Å². The molecule has 1 N–H and O–H groups in total. The number of hydrogen-bond acceptors (Lipinski definition) is 2. The molecule has 0 atom stereocenters. The molecule has 78 valence electrons. The number of hydrogen-bond donors (Lipinski definition) is 1. The Bertz CT molecular complexity index is 323. The Hall–Kier alpha value is -0.830. The molecule has 2 rings (SSSR count). The van der Waals surface area contributed by atoms with Gasteiger partial charge in [-0.05, 0) is 33.1 Å². The minimum Gasteiger partial charge on any atom is -0.307 e. The van der Waals surface area contributed by atoms with Crippen molar-refractivity contribution < 1.29 is 0 Å². The summed E-state index contributed by atoms with van der Waals surface area (Å²) in [4.78, 5) is 0. The van der Waals surface area contributed by atoms with Gasteiger partial charge in [0.15, 0.2) is 0 Å². The second-order valence-corrected chi connectivity index (χ2v) is 4.68. The topological polar surface area (TPSA) is 29.9 Å². The first kappa shape index (κ1) is 9.71. The fraction of sp³-hybridized carbons (Fsp3) is 0.727. The average Bonchev–Trinajstić information content (AvgIpc) is 2.38. The lowest BCUT2D eigenvalue weighted by Gasteiger charge is -2.39. The normalized spacial score (nSPS) is 19.4. The largest absolute Gasteiger partial charge is 0.307 e. The molecule has 0 amide bonds. The molecule has 0 unspecified atom stereocenters. The predicted octanol–water partition coefficient (Wildman–Crippen LogP) is 1.76. The van der Waals surface area contributed by atoms with Crippen molar-refractivity contribution in [3.8, 4) is 0 Å². The van der Waals surface area contributed by atoms with E-state index in [0.29, 0.717) is 5.54 Å². The molecular formula is C11H19N3. The van der Waals surface area contributed by atoms with E-state index in [-0.39, 0.29) is 0 Å². The first-order valence-corrected chi connectivity index (χ1v) is 5.33. The molecule has 0 aromatic carbocycles. The van der Waals surface area contributed by atoms with E-state index in [1.165, 1.54) is 24.8 Å². The van der Waals surface area contributed by atoms with Crippen molar-refractivity contribution in [1.29, 1.82) is 0 Å². The first-order chi connectivity index (χ1) is 6.59. The Balaban J connectivity index is 1.94. The predicted molar refractivity (Wildman–Crippen MR) is 57.0 cm³/mol. The quantitative estimate of drug-likeness (QED) is 0.792. The average molecular weight is 193 g/mol. The van der Waals surface area contributed by atoms with Gasteiger partial charge < -0.3 is 5.32 Å². The highest BCUT2D eigenvalue weighted by molar-refractivity contribution is 5.15. The minimum absolute atomic E-state index is 0.391. The van der Waals surface area contributed by atoms with E-state index in [9.17, 15) is 0 Å². The van der Waals surface area contributed by atoms with Crippen LogP contribution in [-0.2, 0) is 13.6 Å². The molecule has 1 aromatic heterocycles. The summed E-state index contributed by atoms with van der Waals surface area (Å²) in [5, 5.41) is 7.94. The van der Waals surface area contributed by atoms with Crippen LogP contribution < -0.4 is 5.32 Å². The van der Waals surface area contributed by atoms with Crippen LogP contribution in [0, 0.1) is 6.92 Å². The maximum absolute atomic E-state index is 4.33. The summed E-state index contributed by atoms with van der Waals surface area (Å²) in [6.45, 7) is 5.33. The van der Waals surface area contributed by atoms with E-state index in [2.05, 4.69) is 30.5 Å². The molecule has 0 radical (unpaired) electrons. The molecule has 1 aromatic rings. The second kappa shape index (κ2) is 3.39. The molecule has 0 aliphatic heterocycles. The zero-order valence-corrected chi connectivity index (χ0v) is 9.30. The highest BCUT2D eigenvalue weighted by Gasteiger charge is 2.30. The molecule has 0 bridgehead atoms. The van der Waals surface area contributed by atoms with Gasteiger partial charge in [-0.2, -0.15) is 5.10 Å². The molecule has 1 aliphatic rings. The van der Waals surface area contributed by atoms with Crippen LogP contribution in [0.25, 0.3) is 0 Å². The van der Waals surface area contributed by atoms with E-state index in [0.717, 1.165) is 12.2 Å². The van der Waals surface area contributed by atoms with Crippen molar-refractivity contribution >= 4 is 0 Å². The molecule has 3 nitrogen and oxygen atoms in total. The van der Waals surface area contributed by atoms with Crippen LogP contribution >= 0.6 is 0 Å². The Labute approximate surface area is 85.5 Å². The van der Waals surface area contributed by atoms with Gasteiger partial charge in [0, 0.05) is 30.9 Å². The molecule has 0 spiro atoms. The zero-order valence-electron chi connectivity index (χ0n) is 9.30. The fourth-order valence-corrected chi connectivity index (χ4v) is 2.01. The summed E-state index contributed by atoms with van der Waals surface area (Å²) >= 11 is 0. The number of nitrogens with zero attached hydrogens (tertiary/aromatic N) is 2.